The Morgan fingerprint density at radius 3 is 2.83 bits per heavy atom. The zero-order chi connectivity index (χ0) is 16.7. The van der Waals surface area contributed by atoms with Crippen molar-refractivity contribution >= 4 is 33.8 Å². The quantitative estimate of drug-likeness (QED) is 0.552. The molecule has 0 amide bonds. The number of aromatic amines is 1. The molecule has 4 rings (SSSR count). The average Bonchev–Trinajstić information content (AvgIpc) is 3.25. The molecule has 0 bridgehead atoms. The van der Waals surface area contributed by atoms with Crippen molar-refractivity contribution in [3.63, 3.8) is 0 Å². The Hall–Kier alpha value is -2.29. The zero-order valence-electron chi connectivity index (χ0n) is 13.1. The third-order valence-electron chi connectivity index (χ3n) is 3.64. The fraction of sp³-hybridized carbons (Fsp3) is 0.188. The van der Waals surface area contributed by atoms with E-state index in [0.717, 1.165) is 32.0 Å². The number of ether oxygens (including phenoxy) is 1. The molecule has 4 aromatic rings. The summed E-state index contributed by atoms with van der Waals surface area (Å²) in [5.74, 6) is 0.465. The number of methoxy groups -OCH3 is 1. The number of hydrogen-bond acceptors (Lipinski definition) is 6. The van der Waals surface area contributed by atoms with Gasteiger partial charge in [-0.2, -0.15) is 0 Å². The molecule has 0 spiro atoms. The highest BCUT2D eigenvalue weighted by Crippen LogP contribution is 2.41. The molecule has 0 saturated heterocycles. The lowest BCUT2D eigenvalue weighted by atomic mass is 10.1. The van der Waals surface area contributed by atoms with Gasteiger partial charge in [0.2, 0.25) is 0 Å². The first-order valence-corrected chi connectivity index (χ1v) is 8.51. The molecule has 0 aliphatic carbocycles. The van der Waals surface area contributed by atoms with Gasteiger partial charge < -0.3 is 13.7 Å². The van der Waals surface area contributed by atoms with E-state index < -0.39 is 0 Å². The smallest absolute Gasteiger partial charge is 0.284 e. The van der Waals surface area contributed by atoms with Gasteiger partial charge in [0, 0.05) is 30.6 Å². The molecule has 0 aliphatic heterocycles. The Morgan fingerprint density at radius 1 is 1.38 bits per heavy atom. The van der Waals surface area contributed by atoms with Crippen molar-refractivity contribution in [2.75, 3.05) is 7.11 Å². The number of nitrogens with zero attached hydrogens (tertiary/aromatic N) is 3. The van der Waals surface area contributed by atoms with Gasteiger partial charge >= 0.3 is 0 Å². The number of hydrogen-bond donors (Lipinski definition) is 1. The monoisotopic (exact) mass is 358 g/mol. The summed E-state index contributed by atoms with van der Waals surface area (Å²) >= 11 is 6.56. The third kappa shape index (κ3) is 2.48. The fourth-order valence-corrected chi connectivity index (χ4v) is 4.08. The van der Waals surface area contributed by atoms with Crippen molar-refractivity contribution in [2.45, 2.75) is 13.5 Å². The molecule has 1 N–H and O–H groups in total. The molecule has 24 heavy (non-hydrogen) atoms. The molecule has 0 radical (unpaired) electrons. The lowest BCUT2D eigenvalue weighted by Gasteiger charge is -2.08. The first-order valence-electron chi connectivity index (χ1n) is 7.28. The molecule has 0 atom stereocenters. The van der Waals surface area contributed by atoms with Crippen molar-refractivity contribution in [3.05, 3.63) is 46.7 Å². The fourth-order valence-electron chi connectivity index (χ4n) is 2.77. The number of aromatic nitrogens is 4. The van der Waals surface area contributed by atoms with Crippen LogP contribution in [0.2, 0.25) is 0 Å². The van der Waals surface area contributed by atoms with Crippen LogP contribution in [0.5, 0.6) is 0 Å². The van der Waals surface area contributed by atoms with E-state index in [1.807, 2.05) is 36.0 Å². The minimum Gasteiger partial charge on any atom is -0.408 e. The summed E-state index contributed by atoms with van der Waals surface area (Å²) in [4.78, 5) is 6.74. The normalized spacial score (nSPS) is 11.4. The van der Waals surface area contributed by atoms with Crippen LogP contribution in [0.3, 0.4) is 0 Å². The van der Waals surface area contributed by atoms with Crippen LogP contribution in [-0.2, 0) is 11.3 Å². The lowest BCUT2D eigenvalue weighted by Crippen LogP contribution is -1.97. The maximum Gasteiger partial charge on any atom is 0.284 e. The van der Waals surface area contributed by atoms with E-state index in [-0.39, 0.29) is 4.84 Å². The van der Waals surface area contributed by atoms with Crippen LogP contribution in [-0.4, -0.2) is 26.9 Å². The van der Waals surface area contributed by atoms with E-state index in [1.54, 1.807) is 7.11 Å². The van der Waals surface area contributed by atoms with Crippen LogP contribution in [0.1, 0.15) is 11.3 Å². The third-order valence-corrected chi connectivity index (χ3v) is 4.88. The van der Waals surface area contributed by atoms with Crippen LogP contribution in [0, 0.1) is 11.8 Å². The van der Waals surface area contributed by atoms with E-state index in [0.29, 0.717) is 12.5 Å². The topological polar surface area (TPSA) is 68.9 Å². The Morgan fingerprint density at radius 2 is 2.17 bits per heavy atom. The Labute approximate surface area is 146 Å². The molecule has 4 aromatic heterocycles. The highest BCUT2D eigenvalue weighted by atomic mass is 32.1. The molecule has 4 heterocycles. The van der Waals surface area contributed by atoms with Gasteiger partial charge in [-0.15, -0.1) is 16.4 Å². The van der Waals surface area contributed by atoms with Gasteiger partial charge in [-0.25, -0.2) is 10.1 Å². The highest BCUT2D eigenvalue weighted by molar-refractivity contribution is 7.71. The summed E-state index contributed by atoms with van der Waals surface area (Å²) in [5.41, 5.74) is 3.01. The van der Waals surface area contributed by atoms with Gasteiger partial charge in [0.1, 0.15) is 9.71 Å². The van der Waals surface area contributed by atoms with Gasteiger partial charge in [-0.1, -0.05) is 0 Å². The largest absolute Gasteiger partial charge is 0.408 e. The molecule has 0 saturated carbocycles. The van der Waals surface area contributed by atoms with Crippen LogP contribution >= 0.6 is 23.6 Å². The van der Waals surface area contributed by atoms with Gasteiger partial charge in [0.05, 0.1) is 12.3 Å². The molecule has 6 nitrogen and oxygen atoms in total. The Balaban J connectivity index is 2.10. The van der Waals surface area contributed by atoms with Crippen molar-refractivity contribution in [2.24, 2.45) is 0 Å². The molecule has 0 aromatic carbocycles. The number of thiophene rings is 1. The molecular formula is C16H14N4O2S2. The van der Waals surface area contributed by atoms with Crippen LogP contribution in [0.25, 0.3) is 26.7 Å². The second-order valence-corrected chi connectivity index (χ2v) is 6.69. The summed E-state index contributed by atoms with van der Waals surface area (Å²) in [5, 5.41) is 7.92. The average molecular weight is 358 g/mol. The van der Waals surface area contributed by atoms with E-state index in [4.69, 9.17) is 21.4 Å². The number of fused-ring (bicyclic) bond motifs is 1. The predicted octanol–water partition coefficient (Wildman–Crippen LogP) is 4.25. The maximum absolute atomic E-state index is 5.55. The summed E-state index contributed by atoms with van der Waals surface area (Å²) in [7, 11) is 1.69. The second kappa shape index (κ2) is 5.97. The van der Waals surface area contributed by atoms with E-state index in [2.05, 4.69) is 21.2 Å². The Bertz CT molecular complexity index is 1060. The minimum absolute atomic E-state index is 0.252. The van der Waals surface area contributed by atoms with E-state index >= 15 is 0 Å². The number of pyridine rings is 1. The van der Waals surface area contributed by atoms with Gasteiger partial charge in [0.25, 0.3) is 10.7 Å². The zero-order valence-corrected chi connectivity index (χ0v) is 14.7. The van der Waals surface area contributed by atoms with E-state index in [1.165, 1.54) is 11.3 Å². The Kier molecular flexibility index (Phi) is 3.79. The number of H-pyrrole nitrogens is 1. The van der Waals surface area contributed by atoms with Gasteiger partial charge in [-0.05, 0) is 42.9 Å². The predicted molar refractivity (Wildman–Crippen MR) is 95.1 cm³/mol. The molecule has 0 unspecified atom stereocenters. The van der Waals surface area contributed by atoms with Crippen molar-refractivity contribution in [1.82, 2.24) is 19.7 Å². The first-order chi connectivity index (χ1) is 11.7. The summed E-state index contributed by atoms with van der Waals surface area (Å²) < 4.78 is 13.0. The number of nitrogens with one attached hydrogen (secondary N) is 1. The summed E-state index contributed by atoms with van der Waals surface area (Å²) in [6.07, 6.45) is 3.98. The maximum atomic E-state index is 5.55. The molecule has 8 heteroatoms. The van der Waals surface area contributed by atoms with Gasteiger partial charge in [-0.3, -0.25) is 0 Å². The van der Waals surface area contributed by atoms with Crippen LogP contribution in [0.4, 0.5) is 0 Å². The van der Waals surface area contributed by atoms with Crippen LogP contribution in [0.15, 0.2) is 35.0 Å². The van der Waals surface area contributed by atoms with Crippen LogP contribution < -0.4 is 0 Å². The molecule has 122 valence electrons. The van der Waals surface area contributed by atoms with Gasteiger partial charge in [0.15, 0.2) is 0 Å². The number of rotatable bonds is 4. The summed E-state index contributed by atoms with van der Waals surface area (Å²) in [6.45, 7) is 2.49. The number of aryl methyl sites for hydroxylation is 1. The van der Waals surface area contributed by atoms with Crippen molar-refractivity contribution in [1.29, 1.82) is 0 Å². The molecular weight excluding hydrogens is 344 g/mol. The highest BCUT2D eigenvalue weighted by Gasteiger charge is 2.22. The molecule has 0 fully saturated rings. The van der Waals surface area contributed by atoms with Crippen molar-refractivity contribution < 1.29 is 9.15 Å². The second-order valence-electron chi connectivity index (χ2n) is 5.32. The first kappa shape index (κ1) is 15.3. The standard InChI is InChI=1S/C16H14N4O2S2/c1-9-7-10(8-21-2)11-12(20-5-3-4-6-20)13(24-15(11)17-9)14-18-19-16(23)22-14/h3-7H,8H2,1-2H3,(H,19,23). The van der Waals surface area contributed by atoms with Crippen molar-refractivity contribution in [3.8, 4) is 16.5 Å². The molecule has 0 aliphatic rings. The van der Waals surface area contributed by atoms with E-state index in [9.17, 15) is 0 Å². The summed E-state index contributed by atoms with van der Waals surface area (Å²) in [6, 6.07) is 6.01. The SMILES string of the molecule is COCc1cc(C)nc2sc(-c3n[nH]c(=S)o3)c(-n3cccc3)c12. The lowest BCUT2D eigenvalue weighted by molar-refractivity contribution is 0.186. The minimum atomic E-state index is 0.252.